The second-order valence-corrected chi connectivity index (χ2v) is 11.3. The second-order valence-electron chi connectivity index (χ2n) is 9.37. The molecular weight excluding hydrogens is 492 g/mol. The molecule has 2 saturated heterocycles. The number of nitrogens with zero attached hydrogens (tertiary/aromatic N) is 5. The summed E-state index contributed by atoms with van der Waals surface area (Å²) in [5.41, 5.74) is 1.27. The highest BCUT2D eigenvalue weighted by Crippen LogP contribution is 2.24. The van der Waals surface area contributed by atoms with E-state index in [2.05, 4.69) is 27.0 Å². The minimum atomic E-state index is -4.75. The molecule has 2 aromatic rings. The summed E-state index contributed by atoms with van der Waals surface area (Å²) in [4.78, 5) is 26.2. The summed E-state index contributed by atoms with van der Waals surface area (Å²) in [7, 11) is -4.75. The van der Waals surface area contributed by atoms with Crippen LogP contribution in [0.1, 0.15) is 32.3 Å². The van der Waals surface area contributed by atoms with E-state index in [1.54, 1.807) is 4.90 Å². The topological polar surface area (TPSA) is 95.9 Å². The average Bonchev–Trinajstić information content (AvgIpc) is 2.87. The van der Waals surface area contributed by atoms with Crippen LogP contribution in [0.2, 0.25) is 0 Å². The third-order valence-corrected chi connectivity index (χ3v) is 8.04. The van der Waals surface area contributed by atoms with Crippen molar-refractivity contribution in [3.8, 4) is 0 Å². The van der Waals surface area contributed by atoms with Crippen LogP contribution in [0.5, 0.6) is 0 Å². The number of carbonyl (C=O) groups excluding carboxylic acids is 1. The molecule has 0 aliphatic carbocycles. The standard InChI is InChI=1S/C24H31F2N5O4S/c1-17-15-31(18(2)14-30(17)23-27-12-21(13-28-23)36(33,34)22(25)26)24(32)35-20-8-10-29(11-9-20)16-19-6-4-3-5-7-19/h3-7,12-13,17-18,20,22H,8-11,14-16H2,1-2H3/t17-,18+/m0/s1. The number of halogens is 2. The van der Waals surface area contributed by atoms with Crippen molar-refractivity contribution in [2.45, 2.75) is 62.1 Å². The van der Waals surface area contributed by atoms with Gasteiger partial charge in [0.1, 0.15) is 11.0 Å². The maximum Gasteiger partial charge on any atom is 0.410 e. The average molecular weight is 524 g/mol. The zero-order valence-electron chi connectivity index (χ0n) is 20.3. The molecule has 0 spiro atoms. The number of hydrogen-bond acceptors (Lipinski definition) is 8. The van der Waals surface area contributed by atoms with Gasteiger partial charge in [0.25, 0.3) is 0 Å². The fourth-order valence-electron chi connectivity index (χ4n) is 4.60. The number of carbonyl (C=O) groups is 1. The lowest BCUT2D eigenvalue weighted by Gasteiger charge is -2.44. The summed E-state index contributed by atoms with van der Waals surface area (Å²) >= 11 is 0. The fraction of sp³-hybridized carbons (Fsp3) is 0.542. The lowest BCUT2D eigenvalue weighted by Crippen LogP contribution is -2.59. The molecule has 2 aliphatic heterocycles. The summed E-state index contributed by atoms with van der Waals surface area (Å²) in [6, 6.07) is 9.90. The van der Waals surface area contributed by atoms with E-state index in [1.807, 2.05) is 36.9 Å². The summed E-state index contributed by atoms with van der Waals surface area (Å²) in [6.45, 7) is 7.15. The van der Waals surface area contributed by atoms with Gasteiger partial charge in [0.15, 0.2) is 0 Å². The van der Waals surface area contributed by atoms with Gasteiger partial charge in [-0.05, 0) is 32.3 Å². The van der Waals surface area contributed by atoms with E-state index in [9.17, 15) is 22.0 Å². The van der Waals surface area contributed by atoms with E-state index in [0.717, 1.165) is 44.9 Å². The van der Waals surface area contributed by atoms with Crippen molar-refractivity contribution < 1.29 is 26.7 Å². The van der Waals surface area contributed by atoms with Crippen LogP contribution in [0.3, 0.4) is 0 Å². The molecular formula is C24H31F2N5O4S. The Kier molecular flexibility index (Phi) is 8.04. The van der Waals surface area contributed by atoms with Crippen LogP contribution < -0.4 is 4.90 Å². The van der Waals surface area contributed by atoms with Crippen LogP contribution in [0.15, 0.2) is 47.6 Å². The highest BCUT2D eigenvalue weighted by Gasteiger charge is 2.36. The molecule has 9 nitrogen and oxygen atoms in total. The maximum atomic E-state index is 13.0. The molecule has 0 saturated carbocycles. The molecule has 196 valence electrons. The van der Waals surface area contributed by atoms with E-state index >= 15 is 0 Å². The number of ether oxygens (including phenoxy) is 1. The molecule has 2 fully saturated rings. The SMILES string of the molecule is C[C@@H]1CN(c2ncc(S(=O)(=O)C(F)F)cn2)[C@@H](C)CN1C(=O)OC1CCN(Cc2ccccc2)CC1. The normalized spacial score (nSPS) is 22.1. The van der Waals surface area contributed by atoms with E-state index in [1.165, 1.54) is 5.56 Å². The molecule has 4 rings (SSSR count). The largest absolute Gasteiger partial charge is 0.446 e. The summed E-state index contributed by atoms with van der Waals surface area (Å²) in [5.74, 6) is -3.31. The number of alkyl halides is 2. The van der Waals surface area contributed by atoms with Gasteiger partial charge in [-0.1, -0.05) is 30.3 Å². The van der Waals surface area contributed by atoms with Crippen LogP contribution in [-0.2, 0) is 21.1 Å². The Hall–Kier alpha value is -2.86. The quantitative estimate of drug-likeness (QED) is 0.570. The monoisotopic (exact) mass is 523 g/mol. The van der Waals surface area contributed by atoms with E-state index in [4.69, 9.17) is 4.74 Å². The van der Waals surface area contributed by atoms with E-state index < -0.39 is 20.5 Å². The van der Waals surface area contributed by atoms with Gasteiger partial charge in [-0.25, -0.2) is 23.2 Å². The van der Waals surface area contributed by atoms with Crippen molar-refractivity contribution in [3.05, 3.63) is 48.3 Å². The first-order valence-corrected chi connectivity index (χ1v) is 13.5. The Morgan fingerprint density at radius 2 is 1.69 bits per heavy atom. The summed E-state index contributed by atoms with van der Waals surface area (Å²) in [5, 5.41) is 0. The van der Waals surface area contributed by atoms with Crippen molar-refractivity contribution in [2.75, 3.05) is 31.1 Å². The van der Waals surface area contributed by atoms with E-state index in [0.29, 0.717) is 13.1 Å². The minimum absolute atomic E-state index is 0.127. The minimum Gasteiger partial charge on any atom is -0.446 e. The predicted octanol–water partition coefficient (Wildman–Crippen LogP) is 3.17. The van der Waals surface area contributed by atoms with E-state index in [-0.39, 0.29) is 30.2 Å². The number of benzene rings is 1. The molecule has 0 unspecified atom stereocenters. The molecule has 36 heavy (non-hydrogen) atoms. The Bertz CT molecular complexity index is 1130. The maximum absolute atomic E-state index is 13.0. The number of aromatic nitrogens is 2. The molecule has 1 aromatic carbocycles. The number of amides is 1. The van der Waals surface area contributed by atoms with Crippen LogP contribution >= 0.6 is 0 Å². The van der Waals surface area contributed by atoms with Crippen LogP contribution in [0.4, 0.5) is 19.5 Å². The van der Waals surface area contributed by atoms with Gasteiger partial charge in [0.2, 0.25) is 15.8 Å². The van der Waals surface area contributed by atoms with Gasteiger partial charge in [-0.2, -0.15) is 8.78 Å². The summed E-state index contributed by atoms with van der Waals surface area (Å²) < 4.78 is 54.6. The van der Waals surface area contributed by atoms with Gasteiger partial charge in [-0.15, -0.1) is 0 Å². The highest BCUT2D eigenvalue weighted by molar-refractivity contribution is 7.91. The highest BCUT2D eigenvalue weighted by atomic mass is 32.2. The molecule has 2 aliphatic rings. The number of piperazine rings is 1. The zero-order chi connectivity index (χ0) is 25.9. The lowest BCUT2D eigenvalue weighted by atomic mass is 10.1. The number of likely N-dealkylation sites (tertiary alicyclic amines) is 1. The van der Waals surface area contributed by atoms with Gasteiger partial charge in [0.05, 0.1) is 12.4 Å². The third-order valence-electron chi connectivity index (χ3n) is 6.71. The molecule has 0 N–H and O–H groups in total. The number of rotatable bonds is 6. The molecule has 0 bridgehead atoms. The Morgan fingerprint density at radius 3 is 2.31 bits per heavy atom. The van der Waals surface area contributed by atoms with Crippen molar-refractivity contribution in [2.24, 2.45) is 0 Å². The third kappa shape index (κ3) is 5.92. The van der Waals surface area contributed by atoms with Gasteiger partial charge >= 0.3 is 11.9 Å². The van der Waals surface area contributed by atoms with Gasteiger partial charge < -0.3 is 14.5 Å². The smallest absolute Gasteiger partial charge is 0.410 e. The van der Waals surface area contributed by atoms with Crippen LogP contribution in [0.25, 0.3) is 0 Å². The molecule has 0 radical (unpaired) electrons. The fourth-order valence-corrected chi connectivity index (χ4v) is 5.21. The number of hydrogen-bond donors (Lipinski definition) is 0. The van der Waals surface area contributed by atoms with Crippen LogP contribution in [-0.4, -0.2) is 84.4 Å². The first-order valence-electron chi connectivity index (χ1n) is 12.0. The Labute approximate surface area is 210 Å². The molecule has 1 amide bonds. The first-order chi connectivity index (χ1) is 17.1. The van der Waals surface area contributed by atoms with Gasteiger partial charge in [0, 0.05) is 44.8 Å². The van der Waals surface area contributed by atoms with Gasteiger partial charge in [-0.3, -0.25) is 4.90 Å². The Morgan fingerprint density at radius 1 is 1.06 bits per heavy atom. The first kappa shape index (κ1) is 26.2. The van der Waals surface area contributed by atoms with Crippen molar-refractivity contribution in [3.63, 3.8) is 0 Å². The van der Waals surface area contributed by atoms with Crippen molar-refractivity contribution in [1.82, 2.24) is 19.8 Å². The van der Waals surface area contributed by atoms with Crippen LogP contribution in [0, 0.1) is 0 Å². The zero-order valence-corrected chi connectivity index (χ0v) is 21.2. The summed E-state index contributed by atoms with van der Waals surface area (Å²) in [6.07, 6.45) is 2.87. The number of sulfone groups is 1. The molecule has 2 atom stereocenters. The Balaban J connectivity index is 1.29. The molecule has 12 heteroatoms. The molecule has 1 aromatic heterocycles. The molecule has 3 heterocycles. The number of anilines is 1. The number of piperidine rings is 1. The van der Waals surface area contributed by atoms with Crippen molar-refractivity contribution in [1.29, 1.82) is 0 Å². The van der Waals surface area contributed by atoms with Crippen molar-refractivity contribution >= 4 is 21.9 Å². The second kappa shape index (κ2) is 11.0. The predicted molar refractivity (Wildman–Crippen MR) is 129 cm³/mol. The lowest BCUT2D eigenvalue weighted by molar-refractivity contribution is 0.0165.